The SMILES string of the molecule is O=CNc1ccc2nonc2c1. The van der Waals surface area contributed by atoms with Crippen LogP contribution in [0.25, 0.3) is 11.0 Å². The highest BCUT2D eigenvalue weighted by Crippen LogP contribution is 2.14. The van der Waals surface area contributed by atoms with Crippen molar-refractivity contribution >= 4 is 23.1 Å². The molecule has 0 saturated carbocycles. The maximum Gasteiger partial charge on any atom is 0.211 e. The van der Waals surface area contributed by atoms with Crippen LogP contribution in [0.3, 0.4) is 0 Å². The van der Waals surface area contributed by atoms with Crippen molar-refractivity contribution in [2.45, 2.75) is 0 Å². The molecule has 0 unspecified atom stereocenters. The lowest BCUT2D eigenvalue weighted by Gasteiger charge is -1.94. The zero-order valence-corrected chi connectivity index (χ0v) is 6.02. The van der Waals surface area contributed by atoms with E-state index >= 15 is 0 Å². The Morgan fingerprint density at radius 2 is 2.17 bits per heavy atom. The molecule has 60 valence electrons. The van der Waals surface area contributed by atoms with Crippen LogP contribution >= 0.6 is 0 Å². The summed E-state index contributed by atoms with van der Waals surface area (Å²) >= 11 is 0. The fourth-order valence-electron chi connectivity index (χ4n) is 0.940. The lowest BCUT2D eigenvalue weighted by Crippen LogP contribution is -1.92. The van der Waals surface area contributed by atoms with Crippen LogP contribution in [0.2, 0.25) is 0 Å². The van der Waals surface area contributed by atoms with Gasteiger partial charge in [0.05, 0.1) is 0 Å². The van der Waals surface area contributed by atoms with Gasteiger partial charge in [-0.05, 0) is 28.5 Å². The molecule has 2 rings (SSSR count). The number of nitrogens with zero attached hydrogens (tertiary/aromatic N) is 2. The molecule has 1 aromatic heterocycles. The smallest absolute Gasteiger partial charge is 0.211 e. The summed E-state index contributed by atoms with van der Waals surface area (Å²) in [6, 6.07) is 5.12. The van der Waals surface area contributed by atoms with Gasteiger partial charge in [-0.3, -0.25) is 4.79 Å². The number of hydrogen-bond donors (Lipinski definition) is 1. The molecular formula is C7H5N3O2. The van der Waals surface area contributed by atoms with Crippen LogP contribution in [0.15, 0.2) is 22.8 Å². The van der Waals surface area contributed by atoms with Crippen molar-refractivity contribution in [1.29, 1.82) is 0 Å². The van der Waals surface area contributed by atoms with Crippen LogP contribution in [0.5, 0.6) is 0 Å². The van der Waals surface area contributed by atoms with Gasteiger partial charge in [0.1, 0.15) is 11.0 Å². The molecule has 12 heavy (non-hydrogen) atoms. The Morgan fingerprint density at radius 3 is 3.00 bits per heavy atom. The van der Waals surface area contributed by atoms with Gasteiger partial charge in [-0.25, -0.2) is 4.63 Å². The number of aromatic nitrogens is 2. The van der Waals surface area contributed by atoms with Crippen LogP contribution in [0.1, 0.15) is 0 Å². The molecule has 0 aliphatic carbocycles. The molecule has 0 aliphatic heterocycles. The van der Waals surface area contributed by atoms with E-state index in [1.165, 1.54) is 0 Å². The first kappa shape index (κ1) is 6.78. The van der Waals surface area contributed by atoms with E-state index in [4.69, 9.17) is 0 Å². The molecule has 0 bridgehead atoms. The molecule has 1 heterocycles. The Bertz CT molecular complexity index is 410. The fraction of sp³-hybridized carbons (Fsp3) is 0. The summed E-state index contributed by atoms with van der Waals surface area (Å²) in [4.78, 5) is 10.1. The largest absolute Gasteiger partial charge is 0.329 e. The summed E-state index contributed by atoms with van der Waals surface area (Å²) in [5.41, 5.74) is 1.97. The Morgan fingerprint density at radius 1 is 1.33 bits per heavy atom. The Hall–Kier alpha value is -1.91. The van der Waals surface area contributed by atoms with Crippen LogP contribution in [-0.4, -0.2) is 16.7 Å². The van der Waals surface area contributed by atoms with E-state index in [0.29, 0.717) is 23.1 Å². The highest BCUT2D eigenvalue weighted by molar-refractivity contribution is 5.81. The van der Waals surface area contributed by atoms with Crippen molar-refractivity contribution in [3.63, 3.8) is 0 Å². The summed E-state index contributed by atoms with van der Waals surface area (Å²) in [6.45, 7) is 0. The van der Waals surface area contributed by atoms with E-state index in [0.717, 1.165) is 0 Å². The van der Waals surface area contributed by atoms with E-state index in [1.54, 1.807) is 18.2 Å². The number of nitrogens with one attached hydrogen (secondary N) is 1. The van der Waals surface area contributed by atoms with Crippen molar-refractivity contribution < 1.29 is 9.42 Å². The highest BCUT2D eigenvalue weighted by Gasteiger charge is 1.99. The van der Waals surface area contributed by atoms with Crippen molar-refractivity contribution in [1.82, 2.24) is 10.3 Å². The molecule has 5 heteroatoms. The average Bonchev–Trinajstić information content (AvgIpc) is 2.51. The normalized spacial score (nSPS) is 10.0. The molecule has 0 atom stereocenters. The van der Waals surface area contributed by atoms with Gasteiger partial charge in [-0.15, -0.1) is 0 Å². The standard InChI is InChI=1S/C7H5N3O2/c11-4-8-5-1-2-6-7(3-5)10-12-9-6/h1-4H,(H,8,11). The molecule has 0 fully saturated rings. The van der Waals surface area contributed by atoms with E-state index in [9.17, 15) is 4.79 Å². The average molecular weight is 163 g/mol. The third-order valence-electron chi connectivity index (χ3n) is 1.48. The minimum Gasteiger partial charge on any atom is -0.329 e. The first-order valence-corrected chi connectivity index (χ1v) is 3.32. The predicted octanol–water partition coefficient (Wildman–Crippen LogP) is 0.791. The molecule has 5 nitrogen and oxygen atoms in total. The van der Waals surface area contributed by atoms with Gasteiger partial charge >= 0.3 is 0 Å². The first-order chi connectivity index (χ1) is 5.90. The number of carbonyl (C=O) groups is 1. The quantitative estimate of drug-likeness (QED) is 0.664. The van der Waals surface area contributed by atoms with E-state index in [-0.39, 0.29) is 0 Å². The lowest BCUT2D eigenvalue weighted by atomic mass is 10.3. The van der Waals surface area contributed by atoms with E-state index in [1.807, 2.05) is 0 Å². The molecule has 1 aromatic carbocycles. The van der Waals surface area contributed by atoms with Gasteiger partial charge < -0.3 is 5.32 Å². The maximum absolute atomic E-state index is 10.1. The van der Waals surface area contributed by atoms with Crippen LogP contribution in [-0.2, 0) is 4.79 Å². The van der Waals surface area contributed by atoms with Gasteiger partial charge in [-0.2, -0.15) is 0 Å². The first-order valence-electron chi connectivity index (χ1n) is 3.32. The number of benzene rings is 1. The minimum atomic E-state index is 0.606. The number of fused-ring (bicyclic) bond motifs is 1. The fourth-order valence-corrected chi connectivity index (χ4v) is 0.940. The summed E-state index contributed by atoms with van der Waals surface area (Å²) in [5, 5.41) is 9.74. The second-order valence-electron chi connectivity index (χ2n) is 2.23. The van der Waals surface area contributed by atoms with Gasteiger partial charge in [0.2, 0.25) is 6.41 Å². The second kappa shape index (κ2) is 2.61. The van der Waals surface area contributed by atoms with E-state index < -0.39 is 0 Å². The molecule has 2 aromatic rings. The van der Waals surface area contributed by atoms with Crippen LogP contribution < -0.4 is 5.32 Å². The topological polar surface area (TPSA) is 68.0 Å². The molecule has 0 saturated heterocycles. The Labute approximate surface area is 67.3 Å². The number of hydrogen-bond acceptors (Lipinski definition) is 4. The number of anilines is 1. The highest BCUT2D eigenvalue weighted by atomic mass is 16.6. The van der Waals surface area contributed by atoms with Gasteiger partial charge in [0.25, 0.3) is 0 Å². The molecule has 1 N–H and O–H groups in total. The predicted molar refractivity (Wildman–Crippen MR) is 41.5 cm³/mol. The van der Waals surface area contributed by atoms with Crippen molar-refractivity contribution in [2.24, 2.45) is 0 Å². The number of amides is 1. The van der Waals surface area contributed by atoms with Gasteiger partial charge in [-0.1, -0.05) is 0 Å². The zero-order chi connectivity index (χ0) is 8.39. The molecular weight excluding hydrogens is 158 g/mol. The number of rotatable bonds is 2. The van der Waals surface area contributed by atoms with Crippen molar-refractivity contribution in [3.8, 4) is 0 Å². The van der Waals surface area contributed by atoms with E-state index in [2.05, 4.69) is 20.3 Å². The van der Waals surface area contributed by atoms with Crippen LogP contribution in [0, 0.1) is 0 Å². The summed E-state index contributed by atoms with van der Waals surface area (Å²) in [7, 11) is 0. The van der Waals surface area contributed by atoms with Crippen molar-refractivity contribution in [3.05, 3.63) is 18.2 Å². The van der Waals surface area contributed by atoms with Gasteiger partial charge in [0.15, 0.2) is 0 Å². The summed E-state index contributed by atoms with van der Waals surface area (Å²) < 4.78 is 4.48. The lowest BCUT2D eigenvalue weighted by molar-refractivity contribution is -0.105. The van der Waals surface area contributed by atoms with Gasteiger partial charge in [0, 0.05) is 5.69 Å². The third-order valence-corrected chi connectivity index (χ3v) is 1.48. The summed E-state index contributed by atoms with van der Waals surface area (Å²) in [5.74, 6) is 0. The Kier molecular flexibility index (Phi) is 1.48. The minimum absolute atomic E-state index is 0.606. The Balaban J connectivity index is 2.52. The maximum atomic E-state index is 10.1. The van der Waals surface area contributed by atoms with Crippen molar-refractivity contribution in [2.75, 3.05) is 5.32 Å². The number of carbonyl (C=O) groups excluding carboxylic acids is 1. The monoisotopic (exact) mass is 163 g/mol. The second-order valence-corrected chi connectivity index (χ2v) is 2.23. The molecule has 0 spiro atoms. The third kappa shape index (κ3) is 1.01. The summed E-state index contributed by atoms with van der Waals surface area (Å²) in [6.07, 6.45) is 0.606. The zero-order valence-electron chi connectivity index (χ0n) is 6.02. The molecule has 1 amide bonds. The molecule has 0 radical (unpaired) electrons. The van der Waals surface area contributed by atoms with Crippen LogP contribution in [0.4, 0.5) is 5.69 Å². The molecule has 0 aliphatic rings.